The first-order valence-electron chi connectivity index (χ1n) is 11.9. The lowest BCUT2D eigenvalue weighted by Gasteiger charge is -2.44. The lowest BCUT2D eigenvalue weighted by molar-refractivity contribution is -0.174. The highest BCUT2D eigenvalue weighted by atomic mass is 16.6. The number of benzene rings is 3. The quantitative estimate of drug-likeness (QED) is 0.380. The maximum absolute atomic E-state index is 13.5. The highest BCUT2D eigenvalue weighted by Gasteiger charge is 2.59. The van der Waals surface area contributed by atoms with Gasteiger partial charge in [-0.25, -0.2) is 0 Å². The van der Waals surface area contributed by atoms with Crippen molar-refractivity contribution in [2.75, 3.05) is 13.2 Å². The smallest absolute Gasteiger partial charge is 0.323 e. The standard InChI is InChI=1S/C30H28O4/c1-3-33-27(31)30(28(32)34-4-2)18-22-14-8-10-16-25(22)29(20-30)19-24(21-12-6-5-7-13-21)23-15-9-11-17-26(23)29/h5-17,19H,3-4,18,20H2,1-2H3/t29-/m0/s1. The first-order chi connectivity index (χ1) is 16.6. The Hall–Kier alpha value is -3.66. The van der Waals surface area contributed by atoms with E-state index in [1.165, 1.54) is 0 Å². The molecule has 3 aromatic rings. The molecule has 0 amide bonds. The zero-order valence-electron chi connectivity index (χ0n) is 19.5. The summed E-state index contributed by atoms with van der Waals surface area (Å²) in [7, 11) is 0. The Kier molecular flexibility index (Phi) is 5.60. The Bertz CT molecular complexity index is 1260. The fourth-order valence-corrected chi connectivity index (χ4v) is 5.71. The van der Waals surface area contributed by atoms with Gasteiger partial charge in [0.1, 0.15) is 0 Å². The van der Waals surface area contributed by atoms with Gasteiger partial charge in [0.05, 0.1) is 13.2 Å². The van der Waals surface area contributed by atoms with Gasteiger partial charge in [-0.15, -0.1) is 0 Å². The van der Waals surface area contributed by atoms with E-state index in [9.17, 15) is 9.59 Å². The van der Waals surface area contributed by atoms with Crippen LogP contribution in [0.1, 0.15) is 48.1 Å². The van der Waals surface area contributed by atoms with Crippen LogP contribution in [0.4, 0.5) is 0 Å². The van der Waals surface area contributed by atoms with Crippen molar-refractivity contribution < 1.29 is 19.1 Å². The molecule has 1 atom stereocenters. The van der Waals surface area contributed by atoms with Crippen LogP contribution in [0.3, 0.4) is 0 Å². The van der Waals surface area contributed by atoms with Gasteiger partial charge in [-0.2, -0.15) is 0 Å². The summed E-state index contributed by atoms with van der Waals surface area (Å²) in [6.45, 7) is 3.94. The zero-order valence-corrected chi connectivity index (χ0v) is 19.5. The molecular weight excluding hydrogens is 424 g/mol. The van der Waals surface area contributed by atoms with Crippen LogP contribution in [0.25, 0.3) is 5.57 Å². The lowest BCUT2D eigenvalue weighted by Crippen LogP contribution is -2.51. The highest BCUT2D eigenvalue weighted by molar-refractivity contribution is 6.02. The van der Waals surface area contributed by atoms with E-state index in [0.29, 0.717) is 0 Å². The van der Waals surface area contributed by atoms with Gasteiger partial charge in [-0.1, -0.05) is 84.9 Å². The highest BCUT2D eigenvalue weighted by Crippen LogP contribution is 2.57. The molecule has 2 aliphatic carbocycles. The van der Waals surface area contributed by atoms with Crippen LogP contribution in [0.2, 0.25) is 0 Å². The molecule has 3 aromatic carbocycles. The average molecular weight is 453 g/mol. The van der Waals surface area contributed by atoms with Crippen molar-refractivity contribution in [3.63, 3.8) is 0 Å². The number of rotatable bonds is 5. The Labute approximate surface area is 200 Å². The monoisotopic (exact) mass is 452 g/mol. The van der Waals surface area contributed by atoms with Gasteiger partial charge in [0, 0.05) is 5.41 Å². The summed E-state index contributed by atoms with van der Waals surface area (Å²) < 4.78 is 11.0. The van der Waals surface area contributed by atoms with Crippen LogP contribution in [0, 0.1) is 5.41 Å². The molecule has 0 aliphatic heterocycles. The molecule has 2 aliphatic rings. The molecule has 0 fully saturated rings. The summed E-state index contributed by atoms with van der Waals surface area (Å²) >= 11 is 0. The summed E-state index contributed by atoms with van der Waals surface area (Å²) in [5, 5.41) is 0. The molecule has 1 spiro atoms. The van der Waals surface area contributed by atoms with Gasteiger partial charge >= 0.3 is 11.9 Å². The van der Waals surface area contributed by atoms with Crippen LogP contribution in [-0.2, 0) is 30.9 Å². The second-order valence-electron chi connectivity index (χ2n) is 8.97. The molecule has 0 bridgehead atoms. The van der Waals surface area contributed by atoms with E-state index in [2.05, 4.69) is 36.4 Å². The molecule has 5 rings (SSSR count). The molecule has 34 heavy (non-hydrogen) atoms. The molecule has 0 N–H and O–H groups in total. The van der Waals surface area contributed by atoms with Gasteiger partial charge in [0.25, 0.3) is 0 Å². The third-order valence-corrected chi connectivity index (χ3v) is 7.08. The summed E-state index contributed by atoms with van der Waals surface area (Å²) in [4.78, 5) is 27.0. The maximum atomic E-state index is 13.5. The Morgan fingerprint density at radius 3 is 2.03 bits per heavy atom. The van der Waals surface area contributed by atoms with Crippen LogP contribution in [-0.4, -0.2) is 25.2 Å². The number of carbonyl (C=O) groups excluding carboxylic acids is 2. The molecular formula is C30H28O4. The summed E-state index contributed by atoms with van der Waals surface area (Å²) in [5.74, 6) is -1.03. The average Bonchev–Trinajstić information content (AvgIpc) is 3.19. The van der Waals surface area contributed by atoms with Crippen molar-refractivity contribution in [2.24, 2.45) is 5.41 Å². The van der Waals surface area contributed by atoms with E-state index in [1.807, 2.05) is 48.5 Å². The predicted molar refractivity (Wildman–Crippen MR) is 131 cm³/mol. The van der Waals surface area contributed by atoms with E-state index in [1.54, 1.807) is 13.8 Å². The maximum Gasteiger partial charge on any atom is 0.323 e. The van der Waals surface area contributed by atoms with Gasteiger partial charge in [0.15, 0.2) is 5.41 Å². The number of hydrogen-bond donors (Lipinski definition) is 0. The van der Waals surface area contributed by atoms with Crippen molar-refractivity contribution >= 4 is 17.5 Å². The summed E-state index contributed by atoms with van der Waals surface area (Å²) in [6, 6.07) is 26.7. The van der Waals surface area contributed by atoms with Gasteiger partial charge in [0.2, 0.25) is 0 Å². The minimum Gasteiger partial charge on any atom is -0.465 e. The van der Waals surface area contributed by atoms with Crippen molar-refractivity contribution in [2.45, 2.75) is 32.1 Å². The number of esters is 2. The fourth-order valence-electron chi connectivity index (χ4n) is 5.71. The number of allylic oxidation sites excluding steroid dienone is 1. The molecule has 0 aromatic heterocycles. The molecule has 0 radical (unpaired) electrons. The van der Waals surface area contributed by atoms with E-state index < -0.39 is 22.8 Å². The first kappa shape index (κ1) is 22.1. The topological polar surface area (TPSA) is 52.6 Å². The molecule has 0 unspecified atom stereocenters. The second kappa shape index (κ2) is 8.60. The Balaban J connectivity index is 1.80. The minimum atomic E-state index is -1.42. The third-order valence-electron chi connectivity index (χ3n) is 7.08. The van der Waals surface area contributed by atoms with Gasteiger partial charge < -0.3 is 9.47 Å². The summed E-state index contributed by atoms with van der Waals surface area (Å²) in [6.07, 6.45) is 2.78. The largest absolute Gasteiger partial charge is 0.465 e. The zero-order chi connectivity index (χ0) is 23.8. The van der Waals surface area contributed by atoms with Crippen molar-refractivity contribution in [3.05, 3.63) is 113 Å². The Morgan fingerprint density at radius 2 is 1.35 bits per heavy atom. The summed E-state index contributed by atoms with van der Waals surface area (Å²) in [5.41, 5.74) is 4.44. The van der Waals surface area contributed by atoms with Crippen molar-refractivity contribution in [1.82, 2.24) is 0 Å². The normalized spacial score (nSPS) is 19.6. The van der Waals surface area contributed by atoms with Crippen molar-refractivity contribution in [1.29, 1.82) is 0 Å². The van der Waals surface area contributed by atoms with Crippen LogP contribution < -0.4 is 0 Å². The minimum absolute atomic E-state index is 0.205. The second-order valence-corrected chi connectivity index (χ2v) is 8.97. The van der Waals surface area contributed by atoms with E-state index in [-0.39, 0.29) is 26.1 Å². The molecule has 4 heteroatoms. The van der Waals surface area contributed by atoms with Gasteiger partial charge in [-0.3, -0.25) is 9.59 Å². The fraction of sp³-hybridized carbons (Fsp3) is 0.267. The van der Waals surface area contributed by atoms with E-state index in [4.69, 9.17) is 9.47 Å². The SMILES string of the molecule is CCOC(=O)C1(C(=O)OCC)Cc2ccccc2[C@]2(C=C(c3ccccc3)c3ccccc32)C1. The van der Waals surface area contributed by atoms with Crippen LogP contribution in [0.5, 0.6) is 0 Å². The Morgan fingerprint density at radius 1 is 0.765 bits per heavy atom. The molecule has 0 saturated heterocycles. The molecule has 172 valence electrons. The van der Waals surface area contributed by atoms with Crippen LogP contribution >= 0.6 is 0 Å². The van der Waals surface area contributed by atoms with Crippen molar-refractivity contribution in [3.8, 4) is 0 Å². The van der Waals surface area contributed by atoms with Crippen LogP contribution in [0.15, 0.2) is 84.9 Å². The van der Waals surface area contributed by atoms with Gasteiger partial charge in [-0.05, 0) is 60.1 Å². The third kappa shape index (κ3) is 3.28. The number of hydrogen-bond acceptors (Lipinski definition) is 4. The van der Waals surface area contributed by atoms with E-state index in [0.717, 1.165) is 33.4 Å². The van der Waals surface area contributed by atoms with E-state index >= 15 is 0 Å². The molecule has 4 nitrogen and oxygen atoms in total. The first-order valence-corrected chi connectivity index (χ1v) is 11.9. The number of ether oxygens (including phenoxy) is 2. The number of fused-ring (bicyclic) bond motifs is 4. The molecule has 0 heterocycles. The number of carbonyl (C=O) groups is 2. The molecule has 0 saturated carbocycles. The predicted octanol–water partition coefficient (Wildman–Crippen LogP) is 5.48. The lowest BCUT2D eigenvalue weighted by atomic mass is 9.58.